The van der Waals surface area contributed by atoms with Crippen molar-refractivity contribution in [3.63, 3.8) is 0 Å². The normalized spacial score (nSPS) is 14.9. The van der Waals surface area contributed by atoms with Crippen LogP contribution in [0.4, 0.5) is 9.18 Å². The van der Waals surface area contributed by atoms with Gasteiger partial charge in [-0.3, -0.25) is 4.79 Å². The highest BCUT2D eigenvalue weighted by Crippen LogP contribution is 2.35. The Labute approximate surface area is 178 Å². The lowest BCUT2D eigenvalue weighted by Gasteiger charge is -2.17. The average molecular weight is 426 g/mol. The number of carbonyl (C=O) groups excluding carboxylic acids is 1. The van der Waals surface area contributed by atoms with E-state index >= 15 is 0 Å². The zero-order valence-corrected chi connectivity index (χ0v) is 17.5. The summed E-state index contributed by atoms with van der Waals surface area (Å²) in [6.07, 6.45) is 2.19. The van der Waals surface area contributed by atoms with Crippen molar-refractivity contribution in [3.05, 3.63) is 63.8 Å². The number of halogens is 1. The first-order chi connectivity index (χ1) is 14.9. The fourth-order valence-corrected chi connectivity index (χ4v) is 4.01. The third-order valence-corrected chi connectivity index (χ3v) is 5.57. The minimum Gasteiger partial charge on any atom is -0.493 e. The minimum absolute atomic E-state index is 0.224. The summed E-state index contributed by atoms with van der Waals surface area (Å²) in [7, 11) is 2.98. The summed E-state index contributed by atoms with van der Waals surface area (Å²) in [5.74, 6) is 0.763. The molecule has 0 saturated heterocycles. The molecule has 0 radical (unpaired) electrons. The minimum atomic E-state index is -0.653. The van der Waals surface area contributed by atoms with Crippen LogP contribution in [0.25, 0.3) is 10.8 Å². The zero-order valence-electron chi connectivity index (χ0n) is 17.5. The Bertz CT molecular complexity index is 1220. The predicted octanol–water partition coefficient (Wildman–Crippen LogP) is 3.95. The molecule has 0 saturated carbocycles. The molecule has 1 amide bonds. The Kier molecular flexibility index (Phi) is 5.54. The quantitative estimate of drug-likeness (QED) is 0.668. The van der Waals surface area contributed by atoms with Crippen molar-refractivity contribution in [1.82, 2.24) is 9.88 Å². The number of benzene rings is 2. The molecule has 4 rings (SSSR count). The summed E-state index contributed by atoms with van der Waals surface area (Å²) in [5, 5.41) is 3.64. The van der Waals surface area contributed by atoms with Crippen molar-refractivity contribution in [2.24, 2.45) is 0 Å². The molecule has 3 aromatic rings. The number of nitrogens with zero attached hydrogens (tertiary/aromatic N) is 1. The van der Waals surface area contributed by atoms with E-state index < -0.39 is 6.09 Å². The first kappa shape index (κ1) is 20.7. The fourth-order valence-electron chi connectivity index (χ4n) is 4.01. The molecule has 1 heterocycles. The van der Waals surface area contributed by atoms with Crippen LogP contribution in [-0.2, 0) is 13.0 Å². The molecule has 162 valence electrons. The van der Waals surface area contributed by atoms with E-state index in [-0.39, 0.29) is 23.2 Å². The molecule has 0 bridgehead atoms. The number of rotatable bonds is 5. The molecular weight excluding hydrogens is 403 g/mol. The van der Waals surface area contributed by atoms with Crippen LogP contribution in [0, 0.1) is 5.82 Å². The van der Waals surface area contributed by atoms with E-state index in [0.717, 1.165) is 11.1 Å². The first-order valence-electron chi connectivity index (χ1n) is 10.0. The lowest BCUT2D eigenvalue weighted by Crippen LogP contribution is -2.30. The molecule has 31 heavy (non-hydrogen) atoms. The van der Waals surface area contributed by atoms with E-state index in [1.54, 1.807) is 18.2 Å². The van der Waals surface area contributed by atoms with E-state index in [0.29, 0.717) is 41.7 Å². The Morgan fingerprint density at radius 2 is 1.84 bits per heavy atom. The summed E-state index contributed by atoms with van der Waals surface area (Å²) in [6.45, 7) is 2.23. The number of ether oxygens (including phenoxy) is 3. The van der Waals surface area contributed by atoms with Gasteiger partial charge >= 0.3 is 6.09 Å². The van der Waals surface area contributed by atoms with Gasteiger partial charge in [0.25, 0.3) is 5.56 Å². The molecule has 1 aromatic heterocycles. The summed E-state index contributed by atoms with van der Waals surface area (Å²) < 4.78 is 31.2. The van der Waals surface area contributed by atoms with Crippen LogP contribution in [-0.4, -0.2) is 24.9 Å². The molecule has 8 heteroatoms. The van der Waals surface area contributed by atoms with Crippen molar-refractivity contribution in [1.29, 1.82) is 0 Å². The fraction of sp³-hybridized carbons (Fsp3) is 0.304. The molecule has 1 unspecified atom stereocenters. The first-order valence-corrected chi connectivity index (χ1v) is 10.0. The van der Waals surface area contributed by atoms with Crippen molar-refractivity contribution in [3.8, 4) is 17.2 Å². The topological polar surface area (TPSA) is 78.8 Å². The Balaban J connectivity index is 1.67. The molecule has 1 aliphatic carbocycles. The van der Waals surface area contributed by atoms with Crippen LogP contribution in [0.15, 0.2) is 41.3 Å². The lowest BCUT2D eigenvalue weighted by molar-refractivity contribution is 0.196. The third-order valence-electron chi connectivity index (χ3n) is 5.57. The van der Waals surface area contributed by atoms with Crippen LogP contribution in [0.2, 0.25) is 0 Å². The van der Waals surface area contributed by atoms with Crippen molar-refractivity contribution in [2.75, 3.05) is 14.2 Å². The summed E-state index contributed by atoms with van der Waals surface area (Å²) in [6, 6.07) is 7.50. The lowest BCUT2D eigenvalue weighted by atomic mass is 10.1. The van der Waals surface area contributed by atoms with Gasteiger partial charge in [-0.1, -0.05) is 6.07 Å². The highest BCUT2D eigenvalue weighted by Gasteiger charge is 2.25. The standard InChI is InChI=1S/C23H23FN2O5/c1-4-26-12-21(16-10-19(29-2)20(30-3)11-17(16)22(26)27)31-23(28)25-18-8-5-13-9-14(24)6-7-15(13)18/h6-7,9-12,18H,4-5,8H2,1-3H3,(H,25,28). The maximum absolute atomic E-state index is 13.4. The number of aromatic nitrogens is 1. The van der Waals surface area contributed by atoms with Crippen LogP contribution in [0.5, 0.6) is 17.2 Å². The van der Waals surface area contributed by atoms with E-state index in [9.17, 15) is 14.0 Å². The number of amides is 1. The monoisotopic (exact) mass is 426 g/mol. The number of aryl methyl sites for hydroxylation is 2. The second-order valence-electron chi connectivity index (χ2n) is 7.31. The van der Waals surface area contributed by atoms with Crippen molar-refractivity contribution < 1.29 is 23.4 Å². The van der Waals surface area contributed by atoms with Gasteiger partial charge in [0.2, 0.25) is 0 Å². The number of carbonyl (C=O) groups is 1. The second-order valence-corrected chi connectivity index (χ2v) is 7.31. The Morgan fingerprint density at radius 3 is 2.52 bits per heavy atom. The van der Waals surface area contributed by atoms with E-state index in [4.69, 9.17) is 14.2 Å². The summed E-state index contributed by atoms with van der Waals surface area (Å²) in [5.41, 5.74) is 1.54. The maximum atomic E-state index is 13.4. The molecule has 1 aliphatic rings. The van der Waals surface area contributed by atoms with Gasteiger partial charge in [0.15, 0.2) is 17.2 Å². The number of pyridine rings is 1. The van der Waals surface area contributed by atoms with Crippen LogP contribution < -0.4 is 25.1 Å². The smallest absolute Gasteiger partial charge is 0.413 e. The molecule has 7 nitrogen and oxygen atoms in total. The van der Waals surface area contributed by atoms with Gasteiger partial charge in [0.05, 0.1) is 31.8 Å². The van der Waals surface area contributed by atoms with Gasteiger partial charge in [-0.15, -0.1) is 0 Å². The number of fused-ring (bicyclic) bond motifs is 2. The predicted molar refractivity (Wildman–Crippen MR) is 114 cm³/mol. The largest absolute Gasteiger partial charge is 0.493 e. The van der Waals surface area contributed by atoms with Crippen LogP contribution in [0.1, 0.15) is 30.5 Å². The summed E-state index contributed by atoms with van der Waals surface area (Å²) in [4.78, 5) is 25.5. The highest BCUT2D eigenvalue weighted by atomic mass is 19.1. The third kappa shape index (κ3) is 3.81. The van der Waals surface area contributed by atoms with E-state index in [2.05, 4.69) is 5.32 Å². The molecule has 0 spiro atoms. The van der Waals surface area contributed by atoms with E-state index in [1.165, 1.54) is 37.1 Å². The van der Waals surface area contributed by atoms with Gasteiger partial charge in [-0.05, 0) is 55.2 Å². The van der Waals surface area contributed by atoms with Gasteiger partial charge < -0.3 is 24.1 Å². The number of hydrogen-bond donors (Lipinski definition) is 1. The second kappa shape index (κ2) is 8.29. The molecule has 1 atom stereocenters. The van der Waals surface area contributed by atoms with E-state index in [1.807, 2.05) is 6.92 Å². The SMILES string of the molecule is CCn1cc(OC(=O)NC2CCc3cc(F)ccc32)c2cc(OC)c(OC)cc2c1=O. The molecule has 2 aromatic carbocycles. The molecular formula is C23H23FN2O5. The van der Waals surface area contributed by atoms with Crippen LogP contribution >= 0.6 is 0 Å². The number of hydrogen-bond acceptors (Lipinski definition) is 5. The van der Waals surface area contributed by atoms with Gasteiger partial charge in [0, 0.05) is 11.9 Å². The Hall–Kier alpha value is -3.55. The molecule has 1 N–H and O–H groups in total. The highest BCUT2D eigenvalue weighted by molar-refractivity contribution is 5.92. The Morgan fingerprint density at radius 1 is 1.13 bits per heavy atom. The molecule has 0 aliphatic heterocycles. The van der Waals surface area contributed by atoms with Gasteiger partial charge in [-0.2, -0.15) is 0 Å². The average Bonchev–Trinajstić information content (AvgIpc) is 3.16. The zero-order chi connectivity index (χ0) is 22.1. The van der Waals surface area contributed by atoms with Gasteiger partial charge in [0.1, 0.15) is 5.82 Å². The number of nitrogens with one attached hydrogen (secondary N) is 1. The number of methoxy groups -OCH3 is 2. The summed E-state index contributed by atoms with van der Waals surface area (Å²) >= 11 is 0. The van der Waals surface area contributed by atoms with Crippen molar-refractivity contribution >= 4 is 16.9 Å². The van der Waals surface area contributed by atoms with Crippen molar-refractivity contribution in [2.45, 2.75) is 32.4 Å². The van der Waals surface area contributed by atoms with Gasteiger partial charge in [-0.25, -0.2) is 9.18 Å². The maximum Gasteiger partial charge on any atom is 0.413 e. The van der Waals surface area contributed by atoms with Crippen LogP contribution in [0.3, 0.4) is 0 Å². The molecule has 0 fully saturated rings.